The molecule has 0 aliphatic heterocycles. The molecule has 10 heteroatoms. The van der Waals surface area contributed by atoms with Crippen molar-refractivity contribution in [1.82, 2.24) is 20.7 Å². The molecule has 1 amide bonds. The van der Waals surface area contributed by atoms with Crippen LogP contribution in [0.25, 0.3) is 11.3 Å². The lowest BCUT2D eigenvalue weighted by Gasteiger charge is -2.37. The van der Waals surface area contributed by atoms with Crippen LogP contribution in [0.3, 0.4) is 0 Å². The van der Waals surface area contributed by atoms with Crippen molar-refractivity contribution in [3.05, 3.63) is 53.7 Å². The van der Waals surface area contributed by atoms with E-state index in [4.69, 9.17) is 13.4 Å². The van der Waals surface area contributed by atoms with E-state index in [9.17, 15) is 9.18 Å². The fourth-order valence-electron chi connectivity index (χ4n) is 3.63. The molecule has 0 spiro atoms. The van der Waals surface area contributed by atoms with Crippen molar-refractivity contribution in [1.29, 1.82) is 0 Å². The van der Waals surface area contributed by atoms with Gasteiger partial charge in [0, 0.05) is 17.5 Å². The predicted octanol–water partition coefficient (Wildman–Crippen LogP) is 5.62. The number of aromatic nitrogens is 3. The number of benzene rings is 1. The molecule has 1 fully saturated rings. The highest BCUT2D eigenvalue weighted by molar-refractivity contribution is 6.74. The highest BCUT2D eigenvalue weighted by Crippen LogP contribution is 2.41. The van der Waals surface area contributed by atoms with Crippen LogP contribution < -0.4 is 5.32 Å². The van der Waals surface area contributed by atoms with Gasteiger partial charge in [-0.3, -0.25) is 4.79 Å². The van der Waals surface area contributed by atoms with Gasteiger partial charge in [-0.15, -0.1) is 10.2 Å². The Bertz CT molecular complexity index is 1150. The predicted molar refractivity (Wildman–Crippen MR) is 126 cm³/mol. The third-order valence-corrected chi connectivity index (χ3v) is 11.3. The van der Waals surface area contributed by atoms with E-state index >= 15 is 0 Å². The van der Waals surface area contributed by atoms with Crippen molar-refractivity contribution in [3.8, 4) is 11.3 Å². The van der Waals surface area contributed by atoms with Crippen molar-refractivity contribution in [2.45, 2.75) is 76.7 Å². The van der Waals surface area contributed by atoms with Gasteiger partial charge in [0.1, 0.15) is 6.10 Å². The summed E-state index contributed by atoms with van der Waals surface area (Å²) in [6.07, 6.45) is 0.948. The topological polar surface area (TPSA) is 103 Å². The van der Waals surface area contributed by atoms with Gasteiger partial charge in [-0.2, -0.15) is 4.39 Å². The standard InChI is InChI=1S/C24H31FN4O4Si/c1-14(33-34(5,6)24(2,3)4)22-27-28-23(31-22)16-12-17(13-16)26-21(30)20-18(25)19(29-32-20)15-10-8-7-9-11-15/h7-11,14,16-17H,12-13H2,1-6H3,(H,26,30)/t14-,16?,17?/m0/s1. The monoisotopic (exact) mass is 486 g/mol. The minimum absolute atomic E-state index is 0.0182. The maximum atomic E-state index is 14.7. The Balaban J connectivity index is 1.32. The average molecular weight is 487 g/mol. The zero-order valence-electron chi connectivity index (χ0n) is 20.4. The Kier molecular flexibility index (Phi) is 6.47. The molecule has 0 unspecified atom stereocenters. The van der Waals surface area contributed by atoms with Crippen molar-refractivity contribution in [3.63, 3.8) is 0 Å². The van der Waals surface area contributed by atoms with E-state index in [2.05, 4.69) is 54.5 Å². The van der Waals surface area contributed by atoms with Crippen LogP contribution in [0.2, 0.25) is 18.1 Å². The smallest absolute Gasteiger partial charge is 0.293 e. The zero-order valence-corrected chi connectivity index (χ0v) is 21.4. The van der Waals surface area contributed by atoms with Crippen LogP contribution in [0, 0.1) is 5.82 Å². The van der Waals surface area contributed by atoms with Crippen LogP contribution >= 0.6 is 0 Å². The molecule has 4 rings (SSSR count). The summed E-state index contributed by atoms with van der Waals surface area (Å²) in [5.74, 6) is -0.784. The lowest BCUT2D eigenvalue weighted by atomic mass is 9.80. The van der Waals surface area contributed by atoms with Gasteiger partial charge in [0.25, 0.3) is 11.7 Å². The maximum Gasteiger partial charge on any atom is 0.293 e. The van der Waals surface area contributed by atoms with Crippen molar-refractivity contribution in [2.75, 3.05) is 0 Å². The molecule has 0 radical (unpaired) electrons. The van der Waals surface area contributed by atoms with Crippen molar-refractivity contribution >= 4 is 14.2 Å². The SMILES string of the molecule is C[C@H](O[Si](C)(C)C(C)(C)C)c1nnc(C2CC(NC(=O)c3onc(-c4ccccc4)c3F)C2)o1. The number of carbonyl (C=O) groups is 1. The van der Waals surface area contributed by atoms with Gasteiger partial charge in [-0.1, -0.05) is 56.3 Å². The summed E-state index contributed by atoms with van der Waals surface area (Å²) >= 11 is 0. The quantitative estimate of drug-likeness (QED) is 0.432. The molecule has 1 atom stereocenters. The first kappa shape index (κ1) is 24.3. The molecule has 2 aromatic heterocycles. The van der Waals surface area contributed by atoms with Crippen LogP contribution in [-0.4, -0.2) is 35.6 Å². The number of halogens is 1. The fraction of sp³-hybridized carbons (Fsp3) is 0.500. The van der Waals surface area contributed by atoms with Crippen LogP contribution in [0.1, 0.15) is 74.9 Å². The second kappa shape index (κ2) is 9.07. The van der Waals surface area contributed by atoms with Crippen molar-refractivity contribution < 1.29 is 22.6 Å². The summed E-state index contributed by atoms with van der Waals surface area (Å²) in [7, 11) is -1.97. The van der Waals surface area contributed by atoms with E-state index in [0.29, 0.717) is 30.2 Å². The van der Waals surface area contributed by atoms with Crippen LogP contribution in [0.5, 0.6) is 0 Å². The van der Waals surface area contributed by atoms with E-state index in [0.717, 1.165) is 0 Å². The second-order valence-corrected chi connectivity index (χ2v) is 15.1. The van der Waals surface area contributed by atoms with Gasteiger partial charge in [0.15, 0.2) is 14.0 Å². The third-order valence-electron chi connectivity index (χ3n) is 6.79. The molecular formula is C24H31FN4O4Si. The zero-order chi connectivity index (χ0) is 24.7. The molecule has 2 heterocycles. The van der Waals surface area contributed by atoms with Crippen LogP contribution in [0.15, 0.2) is 39.3 Å². The first-order valence-electron chi connectivity index (χ1n) is 11.5. The Morgan fingerprint density at radius 2 is 1.88 bits per heavy atom. The van der Waals surface area contributed by atoms with Gasteiger partial charge in [-0.05, 0) is 37.9 Å². The molecule has 1 aliphatic rings. The molecule has 182 valence electrons. The number of rotatable bonds is 7. The van der Waals surface area contributed by atoms with E-state index < -0.39 is 25.8 Å². The van der Waals surface area contributed by atoms with E-state index in [-0.39, 0.29) is 28.8 Å². The van der Waals surface area contributed by atoms with Gasteiger partial charge in [0.05, 0.1) is 0 Å². The number of hydrogen-bond acceptors (Lipinski definition) is 7. The van der Waals surface area contributed by atoms with E-state index in [1.54, 1.807) is 24.3 Å². The second-order valence-electron chi connectivity index (χ2n) is 10.4. The number of amides is 1. The van der Waals surface area contributed by atoms with Gasteiger partial charge < -0.3 is 18.7 Å². The summed E-state index contributed by atoms with van der Waals surface area (Å²) in [6.45, 7) is 12.8. The summed E-state index contributed by atoms with van der Waals surface area (Å²) in [5, 5.41) is 15.0. The molecule has 8 nitrogen and oxygen atoms in total. The molecule has 34 heavy (non-hydrogen) atoms. The number of nitrogens with zero attached hydrogens (tertiary/aromatic N) is 3. The molecule has 1 N–H and O–H groups in total. The Labute approximate surface area is 199 Å². The summed E-state index contributed by atoms with van der Waals surface area (Å²) in [4.78, 5) is 12.5. The number of carbonyl (C=O) groups excluding carboxylic acids is 1. The largest absolute Gasteiger partial charge is 0.422 e. The summed E-state index contributed by atoms with van der Waals surface area (Å²) in [5.41, 5.74) is 0.565. The lowest BCUT2D eigenvalue weighted by Crippen LogP contribution is -2.43. The first-order chi connectivity index (χ1) is 16.0. The summed E-state index contributed by atoms with van der Waals surface area (Å²) in [6, 6.07) is 8.61. The fourth-order valence-corrected chi connectivity index (χ4v) is 4.97. The molecule has 1 saturated carbocycles. The highest BCUT2D eigenvalue weighted by atomic mass is 28.4. The molecule has 0 bridgehead atoms. The Morgan fingerprint density at radius 3 is 2.53 bits per heavy atom. The van der Waals surface area contributed by atoms with E-state index in [1.807, 2.05) is 13.0 Å². The van der Waals surface area contributed by atoms with Crippen LogP contribution in [0.4, 0.5) is 4.39 Å². The summed E-state index contributed by atoms with van der Waals surface area (Å²) < 4.78 is 31.9. The average Bonchev–Trinajstić information content (AvgIpc) is 3.37. The molecular weight excluding hydrogens is 455 g/mol. The van der Waals surface area contributed by atoms with Crippen molar-refractivity contribution in [2.24, 2.45) is 0 Å². The van der Waals surface area contributed by atoms with Gasteiger partial charge in [-0.25, -0.2) is 0 Å². The Hall–Kier alpha value is -2.85. The minimum Gasteiger partial charge on any atom is -0.422 e. The molecule has 1 aromatic carbocycles. The number of nitrogens with one attached hydrogen (secondary N) is 1. The molecule has 0 saturated heterocycles. The molecule has 3 aromatic rings. The Morgan fingerprint density at radius 1 is 1.21 bits per heavy atom. The normalized spacial score (nSPS) is 19.5. The molecule has 1 aliphatic carbocycles. The van der Waals surface area contributed by atoms with Gasteiger partial charge >= 0.3 is 0 Å². The highest BCUT2D eigenvalue weighted by Gasteiger charge is 2.40. The lowest BCUT2D eigenvalue weighted by molar-refractivity contribution is 0.0858. The first-order valence-corrected chi connectivity index (χ1v) is 14.4. The third kappa shape index (κ3) is 4.83. The van der Waals surface area contributed by atoms with E-state index in [1.165, 1.54) is 0 Å². The van der Waals surface area contributed by atoms with Gasteiger partial charge in [0.2, 0.25) is 17.6 Å². The minimum atomic E-state index is -1.97. The van der Waals surface area contributed by atoms with Crippen LogP contribution in [-0.2, 0) is 4.43 Å². The maximum absolute atomic E-state index is 14.7. The number of hydrogen-bond donors (Lipinski definition) is 1.